The first-order chi connectivity index (χ1) is 12.5. The van der Waals surface area contributed by atoms with Gasteiger partial charge in [0.1, 0.15) is 30.0 Å². The summed E-state index contributed by atoms with van der Waals surface area (Å²) < 4.78 is 24.9. The predicted molar refractivity (Wildman–Crippen MR) is 100 cm³/mol. The lowest BCUT2D eigenvalue weighted by molar-refractivity contribution is 0.175. The van der Waals surface area contributed by atoms with Crippen LogP contribution in [0.2, 0.25) is 10.0 Å². The van der Waals surface area contributed by atoms with E-state index in [-0.39, 0.29) is 30.3 Å². The zero-order chi connectivity index (χ0) is 18.3. The SMILES string of the molecule is CC(Oc1ccc(Cl)cc1Cl)C1OC1NC(c1ccc(F)cc1)C1CC1. The fraction of sp³-hybridized carbons (Fsp3) is 0.400. The summed E-state index contributed by atoms with van der Waals surface area (Å²) in [4.78, 5) is 0. The Morgan fingerprint density at radius 2 is 1.88 bits per heavy atom. The van der Waals surface area contributed by atoms with Crippen LogP contribution in [0.3, 0.4) is 0 Å². The standard InChI is InChI=1S/C20H20Cl2FNO2/c1-11(25-17-9-6-14(21)10-16(17)22)19-20(26-19)24-18(12-2-3-12)13-4-7-15(23)8-5-13/h4-12,18-20,24H,2-3H2,1H3. The fourth-order valence-corrected chi connectivity index (χ4v) is 3.69. The van der Waals surface area contributed by atoms with Gasteiger partial charge in [-0.1, -0.05) is 35.3 Å². The van der Waals surface area contributed by atoms with Crippen molar-refractivity contribution in [1.82, 2.24) is 5.32 Å². The van der Waals surface area contributed by atoms with Crippen molar-refractivity contribution in [3.8, 4) is 5.75 Å². The molecule has 26 heavy (non-hydrogen) atoms. The fourth-order valence-electron chi connectivity index (χ4n) is 3.23. The number of hydrogen-bond donors (Lipinski definition) is 1. The van der Waals surface area contributed by atoms with Gasteiger partial charge in [-0.05, 0) is 61.6 Å². The molecule has 2 aliphatic rings. The summed E-state index contributed by atoms with van der Waals surface area (Å²) in [5, 5.41) is 4.61. The molecule has 2 aromatic rings. The molecule has 2 aromatic carbocycles. The smallest absolute Gasteiger partial charge is 0.139 e. The van der Waals surface area contributed by atoms with E-state index in [0.29, 0.717) is 21.7 Å². The van der Waals surface area contributed by atoms with Crippen molar-refractivity contribution < 1.29 is 13.9 Å². The maximum absolute atomic E-state index is 13.2. The van der Waals surface area contributed by atoms with E-state index in [2.05, 4.69) is 5.32 Å². The van der Waals surface area contributed by atoms with Gasteiger partial charge in [0.05, 0.1) is 5.02 Å². The van der Waals surface area contributed by atoms with Crippen molar-refractivity contribution in [2.45, 2.75) is 44.2 Å². The molecule has 1 saturated heterocycles. The lowest BCUT2D eigenvalue weighted by atomic mass is 10.0. The summed E-state index contributed by atoms with van der Waals surface area (Å²) in [7, 11) is 0. The molecule has 1 heterocycles. The van der Waals surface area contributed by atoms with E-state index in [9.17, 15) is 4.39 Å². The highest BCUT2D eigenvalue weighted by Crippen LogP contribution is 2.43. The Labute approximate surface area is 162 Å². The largest absolute Gasteiger partial charge is 0.486 e. The van der Waals surface area contributed by atoms with Gasteiger partial charge < -0.3 is 9.47 Å². The van der Waals surface area contributed by atoms with Crippen molar-refractivity contribution >= 4 is 23.2 Å². The van der Waals surface area contributed by atoms with E-state index < -0.39 is 0 Å². The minimum Gasteiger partial charge on any atom is -0.486 e. The zero-order valence-corrected chi connectivity index (χ0v) is 15.8. The van der Waals surface area contributed by atoms with E-state index in [1.165, 1.54) is 25.0 Å². The van der Waals surface area contributed by atoms with Gasteiger partial charge in [-0.25, -0.2) is 4.39 Å². The molecule has 4 unspecified atom stereocenters. The topological polar surface area (TPSA) is 33.8 Å². The van der Waals surface area contributed by atoms with Crippen LogP contribution >= 0.6 is 23.2 Å². The molecule has 0 amide bonds. The zero-order valence-electron chi connectivity index (χ0n) is 14.3. The second-order valence-corrected chi connectivity index (χ2v) is 7.80. The lowest BCUT2D eigenvalue weighted by Gasteiger charge is -2.18. The Balaban J connectivity index is 1.37. The second kappa shape index (κ2) is 7.35. The van der Waals surface area contributed by atoms with Gasteiger partial charge in [0.15, 0.2) is 0 Å². The number of benzene rings is 2. The third-order valence-electron chi connectivity index (χ3n) is 4.86. The number of epoxide rings is 1. The number of halogens is 3. The molecule has 3 nitrogen and oxygen atoms in total. The normalized spacial score (nSPS) is 24.2. The van der Waals surface area contributed by atoms with Crippen molar-refractivity contribution in [3.05, 3.63) is 63.9 Å². The van der Waals surface area contributed by atoms with Crippen molar-refractivity contribution in [1.29, 1.82) is 0 Å². The number of nitrogens with one attached hydrogen (secondary N) is 1. The summed E-state index contributed by atoms with van der Waals surface area (Å²) in [6.07, 6.45) is 2.08. The van der Waals surface area contributed by atoms with E-state index in [1.54, 1.807) is 18.2 Å². The summed E-state index contributed by atoms with van der Waals surface area (Å²) in [5.41, 5.74) is 1.09. The highest BCUT2D eigenvalue weighted by atomic mass is 35.5. The van der Waals surface area contributed by atoms with Crippen molar-refractivity contribution in [3.63, 3.8) is 0 Å². The van der Waals surface area contributed by atoms with Gasteiger partial charge in [0.2, 0.25) is 0 Å². The summed E-state index contributed by atoms with van der Waals surface area (Å²) in [6.45, 7) is 1.96. The maximum atomic E-state index is 13.2. The molecule has 6 heteroatoms. The highest BCUT2D eigenvalue weighted by Gasteiger charge is 2.47. The number of rotatable bonds is 7. The second-order valence-electron chi connectivity index (χ2n) is 6.95. The molecule has 4 atom stereocenters. The molecule has 0 radical (unpaired) electrons. The Kier molecular flexibility index (Phi) is 5.11. The van der Waals surface area contributed by atoms with Crippen LogP contribution in [0.1, 0.15) is 31.4 Å². The molecule has 1 aliphatic carbocycles. The van der Waals surface area contributed by atoms with Crippen LogP contribution in [-0.4, -0.2) is 18.4 Å². The van der Waals surface area contributed by atoms with Gasteiger partial charge in [0.25, 0.3) is 0 Å². The molecule has 0 spiro atoms. The minimum atomic E-state index is -0.217. The Bertz CT molecular complexity index is 782. The monoisotopic (exact) mass is 395 g/mol. The Morgan fingerprint density at radius 3 is 2.54 bits per heavy atom. The molecule has 1 aliphatic heterocycles. The molecule has 4 rings (SSSR count). The minimum absolute atomic E-state index is 0.0524. The first-order valence-corrected chi connectivity index (χ1v) is 9.55. The molecule has 0 aromatic heterocycles. The third-order valence-corrected chi connectivity index (χ3v) is 5.39. The van der Waals surface area contributed by atoms with Crippen LogP contribution < -0.4 is 10.1 Å². The van der Waals surface area contributed by atoms with Crippen LogP contribution in [0, 0.1) is 11.7 Å². The maximum Gasteiger partial charge on any atom is 0.139 e. The van der Waals surface area contributed by atoms with Crippen LogP contribution in [0.5, 0.6) is 5.75 Å². The van der Waals surface area contributed by atoms with E-state index in [1.807, 2.05) is 19.1 Å². The quantitative estimate of drug-likeness (QED) is 0.640. The van der Waals surface area contributed by atoms with Crippen LogP contribution in [0.15, 0.2) is 42.5 Å². The van der Waals surface area contributed by atoms with Gasteiger partial charge in [-0.3, -0.25) is 5.32 Å². The average molecular weight is 396 g/mol. The van der Waals surface area contributed by atoms with Crippen LogP contribution in [0.4, 0.5) is 4.39 Å². The first-order valence-electron chi connectivity index (χ1n) is 8.80. The molecule has 0 bridgehead atoms. The molecular weight excluding hydrogens is 376 g/mol. The van der Waals surface area contributed by atoms with Crippen LogP contribution in [-0.2, 0) is 4.74 Å². The van der Waals surface area contributed by atoms with Gasteiger partial charge in [-0.15, -0.1) is 0 Å². The van der Waals surface area contributed by atoms with Gasteiger partial charge in [0, 0.05) is 11.1 Å². The molecule has 2 fully saturated rings. The lowest BCUT2D eigenvalue weighted by Crippen LogP contribution is -2.31. The van der Waals surface area contributed by atoms with Crippen molar-refractivity contribution in [2.24, 2.45) is 5.92 Å². The number of hydrogen-bond acceptors (Lipinski definition) is 3. The first kappa shape index (κ1) is 18.1. The molecule has 1 N–H and O–H groups in total. The summed E-state index contributed by atoms with van der Waals surface area (Å²) in [5.74, 6) is 0.952. The molecule has 1 saturated carbocycles. The molecule has 138 valence electrons. The Hall–Kier alpha value is -1.33. The van der Waals surface area contributed by atoms with E-state index in [4.69, 9.17) is 32.7 Å². The Morgan fingerprint density at radius 1 is 1.15 bits per heavy atom. The van der Waals surface area contributed by atoms with E-state index >= 15 is 0 Å². The number of ether oxygens (including phenoxy) is 2. The summed E-state index contributed by atoms with van der Waals surface area (Å²) >= 11 is 12.1. The average Bonchev–Trinajstić information content (AvgIpc) is 3.50. The van der Waals surface area contributed by atoms with Gasteiger partial charge >= 0.3 is 0 Å². The molecular formula is C20H20Cl2FNO2. The van der Waals surface area contributed by atoms with Crippen molar-refractivity contribution in [2.75, 3.05) is 0 Å². The summed E-state index contributed by atoms with van der Waals surface area (Å²) in [6, 6.07) is 12.0. The van der Waals surface area contributed by atoms with Crippen LogP contribution in [0.25, 0.3) is 0 Å². The highest BCUT2D eigenvalue weighted by molar-refractivity contribution is 6.35. The van der Waals surface area contributed by atoms with Gasteiger partial charge in [-0.2, -0.15) is 0 Å². The predicted octanol–water partition coefficient (Wildman–Crippen LogP) is 5.37. The van der Waals surface area contributed by atoms with E-state index in [0.717, 1.165) is 5.56 Å². The third kappa shape index (κ3) is 4.15.